The van der Waals surface area contributed by atoms with Gasteiger partial charge < -0.3 is 4.74 Å². The summed E-state index contributed by atoms with van der Waals surface area (Å²) in [6, 6.07) is 0. The lowest BCUT2D eigenvalue weighted by atomic mass is 10.2. The van der Waals surface area contributed by atoms with Crippen LogP contribution in [0.15, 0.2) is 4.99 Å². The fourth-order valence-electron chi connectivity index (χ4n) is 0.979. The number of carbonyl (C=O) groups is 1. The van der Waals surface area contributed by atoms with Crippen molar-refractivity contribution in [3.63, 3.8) is 0 Å². The topological polar surface area (TPSA) is 38.7 Å². The van der Waals surface area contributed by atoms with Gasteiger partial charge in [-0.3, -0.25) is 9.79 Å². The average molecular weight is 234 g/mol. The van der Waals surface area contributed by atoms with Gasteiger partial charge in [-0.05, 0) is 19.3 Å². The SMILES string of the molecule is CCOC(=O)CCC(CCl)=NCC(C)C. The normalized spacial score (nSPS) is 11.9. The summed E-state index contributed by atoms with van der Waals surface area (Å²) in [5, 5.41) is 0. The van der Waals surface area contributed by atoms with Crippen molar-refractivity contribution in [3.05, 3.63) is 0 Å². The van der Waals surface area contributed by atoms with Gasteiger partial charge >= 0.3 is 5.97 Å². The zero-order valence-corrected chi connectivity index (χ0v) is 10.5. The Morgan fingerprint density at radius 1 is 1.40 bits per heavy atom. The maximum absolute atomic E-state index is 11.1. The van der Waals surface area contributed by atoms with Crippen molar-refractivity contribution in [1.29, 1.82) is 0 Å². The zero-order valence-electron chi connectivity index (χ0n) is 9.75. The van der Waals surface area contributed by atoms with Crippen LogP contribution in [0, 0.1) is 5.92 Å². The van der Waals surface area contributed by atoms with Gasteiger partial charge in [-0.15, -0.1) is 11.6 Å². The lowest BCUT2D eigenvalue weighted by molar-refractivity contribution is -0.142. The standard InChI is InChI=1S/C11H20ClNO2/c1-4-15-11(14)6-5-10(7-12)13-8-9(2)3/h9H,4-8H2,1-3H3. The molecule has 0 aliphatic carbocycles. The molecule has 0 heterocycles. The van der Waals surface area contributed by atoms with Crippen molar-refractivity contribution in [2.75, 3.05) is 19.0 Å². The molecule has 0 aliphatic heterocycles. The van der Waals surface area contributed by atoms with Crippen LogP contribution in [0.3, 0.4) is 0 Å². The Balaban J connectivity index is 3.89. The molecule has 0 saturated heterocycles. The number of ether oxygens (including phenoxy) is 1. The molecule has 4 heteroatoms. The predicted molar refractivity (Wildman–Crippen MR) is 63.7 cm³/mol. The molecule has 0 N–H and O–H groups in total. The highest BCUT2D eigenvalue weighted by Crippen LogP contribution is 2.01. The van der Waals surface area contributed by atoms with Gasteiger partial charge in [0.25, 0.3) is 0 Å². The summed E-state index contributed by atoms with van der Waals surface area (Å²) >= 11 is 5.73. The first kappa shape index (κ1) is 14.4. The first-order valence-corrected chi connectivity index (χ1v) is 5.87. The molecule has 0 amide bonds. The Labute approximate surface area is 96.9 Å². The molecule has 0 saturated carbocycles. The second-order valence-electron chi connectivity index (χ2n) is 3.74. The fraction of sp³-hybridized carbons (Fsp3) is 0.818. The summed E-state index contributed by atoms with van der Waals surface area (Å²) < 4.78 is 4.83. The number of halogens is 1. The number of carbonyl (C=O) groups excluding carboxylic acids is 1. The minimum absolute atomic E-state index is 0.181. The van der Waals surface area contributed by atoms with Crippen LogP contribution in [-0.4, -0.2) is 30.7 Å². The molecular formula is C11H20ClNO2. The highest BCUT2D eigenvalue weighted by molar-refractivity contribution is 6.28. The van der Waals surface area contributed by atoms with Crippen LogP contribution in [0.25, 0.3) is 0 Å². The monoisotopic (exact) mass is 233 g/mol. The van der Waals surface area contributed by atoms with Gasteiger partial charge in [0.05, 0.1) is 18.9 Å². The van der Waals surface area contributed by atoms with Gasteiger partial charge in [-0.25, -0.2) is 0 Å². The van der Waals surface area contributed by atoms with Crippen LogP contribution in [0.4, 0.5) is 0 Å². The smallest absolute Gasteiger partial charge is 0.306 e. The number of esters is 1. The molecular weight excluding hydrogens is 214 g/mol. The summed E-state index contributed by atoms with van der Waals surface area (Å²) in [6.07, 6.45) is 0.979. The first-order chi connectivity index (χ1) is 7.10. The summed E-state index contributed by atoms with van der Waals surface area (Å²) in [4.78, 5) is 15.4. The molecule has 0 aliphatic rings. The molecule has 0 bridgehead atoms. The molecule has 0 radical (unpaired) electrons. The van der Waals surface area contributed by atoms with Crippen molar-refractivity contribution in [2.45, 2.75) is 33.6 Å². The number of hydrogen-bond donors (Lipinski definition) is 0. The Bertz CT molecular complexity index is 215. The van der Waals surface area contributed by atoms with Crippen LogP contribution < -0.4 is 0 Å². The molecule has 0 fully saturated rings. The Morgan fingerprint density at radius 3 is 2.53 bits per heavy atom. The van der Waals surface area contributed by atoms with E-state index in [0.29, 0.717) is 31.2 Å². The highest BCUT2D eigenvalue weighted by Gasteiger charge is 2.05. The van der Waals surface area contributed by atoms with Crippen molar-refractivity contribution < 1.29 is 9.53 Å². The zero-order chi connectivity index (χ0) is 11.7. The van der Waals surface area contributed by atoms with Gasteiger partial charge in [0.2, 0.25) is 0 Å². The maximum Gasteiger partial charge on any atom is 0.306 e. The van der Waals surface area contributed by atoms with Gasteiger partial charge in [-0.1, -0.05) is 13.8 Å². The maximum atomic E-state index is 11.1. The summed E-state index contributed by atoms with van der Waals surface area (Å²) in [7, 11) is 0. The summed E-state index contributed by atoms with van der Waals surface area (Å²) in [5.74, 6) is 0.734. The second kappa shape index (κ2) is 8.72. The van der Waals surface area contributed by atoms with E-state index in [0.717, 1.165) is 12.3 Å². The third-order valence-electron chi connectivity index (χ3n) is 1.76. The van der Waals surface area contributed by atoms with Crippen molar-refractivity contribution >= 4 is 23.3 Å². The first-order valence-electron chi connectivity index (χ1n) is 5.33. The van der Waals surface area contributed by atoms with E-state index in [2.05, 4.69) is 18.8 Å². The minimum Gasteiger partial charge on any atom is -0.466 e. The lowest BCUT2D eigenvalue weighted by Crippen LogP contribution is -2.10. The lowest BCUT2D eigenvalue weighted by Gasteiger charge is -2.05. The molecule has 88 valence electrons. The molecule has 0 aromatic heterocycles. The number of nitrogens with zero attached hydrogens (tertiary/aromatic N) is 1. The number of rotatable bonds is 7. The number of alkyl halides is 1. The molecule has 15 heavy (non-hydrogen) atoms. The Kier molecular flexibility index (Phi) is 8.38. The van der Waals surface area contributed by atoms with Crippen LogP contribution in [0.1, 0.15) is 33.6 Å². The second-order valence-corrected chi connectivity index (χ2v) is 4.01. The molecule has 0 aromatic carbocycles. The van der Waals surface area contributed by atoms with Crippen LogP contribution in [-0.2, 0) is 9.53 Å². The highest BCUT2D eigenvalue weighted by atomic mass is 35.5. The minimum atomic E-state index is -0.181. The summed E-state index contributed by atoms with van der Waals surface area (Å²) in [5.41, 5.74) is 0.887. The van der Waals surface area contributed by atoms with Gasteiger partial charge in [-0.2, -0.15) is 0 Å². The molecule has 0 atom stereocenters. The van der Waals surface area contributed by atoms with Crippen LogP contribution in [0.2, 0.25) is 0 Å². The van der Waals surface area contributed by atoms with Crippen LogP contribution >= 0.6 is 11.6 Å². The van der Waals surface area contributed by atoms with Crippen molar-refractivity contribution in [1.82, 2.24) is 0 Å². The average Bonchev–Trinajstić information content (AvgIpc) is 2.18. The van der Waals surface area contributed by atoms with E-state index in [4.69, 9.17) is 16.3 Å². The molecule has 0 rings (SSSR count). The molecule has 0 unspecified atom stereocenters. The fourth-order valence-corrected chi connectivity index (χ4v) is 1.20. The van der Waals surface area contributed by atoms with Crippen molar-refractivity contribution in [3.8, 4) is 0 Å². The summed E-state index contributed by atoms with van der Waals surface area (Å²) in [6.45, 7) is 7.19. The number of aliphatic imine (C=N–C) groups is 1. The Hall–Kier alpha value is -0.570. The quantitative estimate of drug-likeness (QED) is 0.385. The molecule has 3 nitrogen and oxygen atoms in total. The number of hydrogen-bond acceptors (Lipinski definition) is 3. The third kappa shape index (κ3) is 8.43. The van der Waals surface area contributed by atoms with E-state index in [1.165, 1.54) is 0 Å². The van der Waals surface area contributed by atoms with Gasteiger partial charge in [0, 0.05) is 12.3 Å². The van der Waals surface area contributed by atoms with E-state index < -0.39 is 0 Å². The van der Waals surface area contributed by atoms with Gasteiger partial charge in [0.15, 0.2) is 0 Å². The van der Waals surface area contributed by atoms with E-state index >= 15 is 0 Å². The van der Waals surface area contributed by atoms with Gasteiger partial charge in [0.1, 0.15) is 0 Å². The van der Waals surface area contributed by atoms with E-state index in [9.17, 15) is 4.79 Å². The van der Waals surface area contributed by atoms with E-state index in [1.54, 1.807) is 6.92 Å². The van der Waals surface area contributed by atoms with E-state index in [-0.39, 0.29) is 5.97 Å². The Morgan fingerprint density at radius 2 is 2.07 bits per heavy atom. The van der Waals surface area contributed by atoms with E-state index in [1.807, 2.05) is 0 Å². The predicted octanol–water partition coefficient (Wildman–Crippen LogP) is 2.67. The van der Waals surface area contributed by atoms with Crippen molar-refractivity contribution in [2.24, 2.45) is 10.9 Å². The van der Waals surface area contributed by atoms with Crippen LogP contribution in [0.5, 0.6) is 0 Å². The third-order valence-corrected chi connectivity index (χ3v) is 2.07. The largest absolute Gasteiger partial charge is 0.466 e. The molecule has 0 aromatic rings. The molecule has 0 spiro atoms.